The molecule has 3 rings (SSSR count). The van der Waals surface area contributed by atoms with E-state index in [1.165, 1.54) is 30.6 Å². The molecule has 182 valence electrons. The van der Waals surface area contributed by atoms with Gasteiger partial charge in [-0.3, -0.25) is 9.59 Å². The summed E-state index contributed by atoms with van der Waals surface area (Å²) in [5, 5.41) is 17.5. The summed E-state index contributed by atoms with van der Waals surface area (Å²) in [6, 6.07) is 7.44. The average Bonchev–Trinajstić information content (AvgIpc) is 2.82. The van der Waals surface area contributed by atoms with Crippen molar-refractivity contribution in [3.05, 3.63) is 59.6 Å². The predicted octanol–water partition coefficient (Wildman–Crippen LogP) is 3.81. The summed E-state index contributed by atoms with van der Waals surface area (Å²) in [6.07, 6.45) is 0.941. The molecule has 3 amide bonds. The van der Waals surface area contributed by atoms with Gasteiger partial charge in [-0.05, 0) is 37.3 Å². The minimum atomic E-state index is -1.36. The SMILES string of the molecule is C=CC(=O)Nc1cc2c(Nc3ccc(Br)cc3F)ncnc2cc1ON(CC)C(=O)CNC(=O)O. The molecule has 13 heteroatoms. The van der Waals surface area contributed by atoms with Gasteiger partial charge >= 0.3 is 6.09 Å². The molecular formula is C22H20BrFN6O5. The zero-order valence-corrected chi connectivity index (χ0v) is 19.9. The third-order valence-corrected chi connectivity index (χ3v) is 5.02. The van der Waals surface area contributed by atoms with Crippen molar-refractivity contribution in [3.8, 4) is 5.75 Å². The standard InChI is InChI=1S/C22H20BrFN6O5/c1-3-19(31)28-17-8-13-16(9-18(17)35-30(4-2)20(32)10-25-22(33)34)26-11-27-21(13)29-15-6-5-12(23)7-14(15)24/h3,5-9,11,25H,1,4,10H2,2H3,(H,28,31)(H,33,34)(H,26,27,29). The van der Waals surface area contributed by atoms with Gasteiger partial charge in [0.2, 0.25) is 5.91 Å². The van der Waals surface area contributed by atoms with E-state index >= 15 is 0 Å². The number of carbonyl (C=O) groups is 3. The van der Waals surface area contributed by atoms with Crippen molar-refractivity contribution < 1.29 is 28.7 Å². The van der Waals surface area contributed by atoms with Crippen LogP contribution in [0.25, 0.3) is 10.9 Å². The summed E-state index contributed by atoms with van der Waals surface area (Å²) in [5.74, 6) is -1.42. The Morgan fingerprint density at radius 2 is 2.00 bits per heavy atom. The minimum absolute atomic E-state index is 0.0534. The molecule has 0 unspecified atom stereocenters. The number of hydrogen-bond donors (Lipinski definition) is 4. The number of likely N-dealkylation sites (N-methyl/N-ethyl adjacent to an activating group) is 1. The lowest BCUT2D eigenvalue weighted by Gasteiger charge is -2.23. The first-order chi connectivity index (χ1) is 16.7. The monoisotopic (exact) mass is 546 g/mol. The highest BCUT2D eigenvalue weighted by Gasteiger charge is 2.19. The van der Waals surface area contributed by atoms with E-state index in [1.807, 2.05) is 5.32 Å². The van der Waals surface area contributed by atoms with Gasteiger partial charge in [0, 0.05) is 15.9 Å². The van der Waals surface area contributed by atoms with Crippen molar-refractivity contribution in [1.82, 2.24) is 20.3 Å². The molecule has 0 aliphatic carbocycles. The Morgan fingerprint density at radius 3 is 2.66 bits per heavy atom. The van der Waals surface area contributed by atoms with E-state index in [9.17, 15) is 18.8 Å². The Hall–Kier alpha value is -4.26. The molecule has 3 aromatic rings. The van der Waals surface area contributed by atoms with Gasteiger partial charge in [-0.15, -0.1) is 0 Å². The first kappa shape index (κ1) is 25.4. The van der Waals surface area contributed by atoms with Crippen LogP contribution in [-0.2, 0) is 9.59 Å². The molecule has 0 radical (unpaired) electrons. The maximum atomic E-state index is 14.4. The lowest BCUT2D eigenvalue weighted by atomic mass is 10.2. The number of carbonyl (C=O) groups excluding carboxylic acids is 2. The summed E-state index contributed by atoms with van der Waals surface area (Å²) >= 11 is 3.20. The van der Waals surface area contributed by atoms with Crippen LogP contribution in [0.15, 0.2) is 53.8 Å². The minimum Gasteiger partial charge on any atom is -0.465 e. The molecule has 4 N–H and O–H groups in total. The first-order valence-electron chi connectivity index (χ1n) is 10.1. The Bertz CT molecular complexity index is 1300. The van der Waals surface area contributed by atoms with Crippen LogP contribution in [0, 0.1) is 5.82 Å². The number of anilines is 3. The molecule has 0 atom stereocenters. The van der Waals surface area contributed by atoms with Gasteiger partial charge in [-0.25, -0.2) is 19.2 Å². The summed E-state index contributed by atoms with van der Waals surface area (Å²) < 4.78 is 14.9. The van der Waals surface area contributed by atoms with Crippen LogP contribution in [-0.4, -0.2) is 51.1 Å². The molecular weight excluding hydrogens is 527 g/mol. The highest BCUT2D eigenvalue weighted by molar-refractivity contribution is 9.10. The Labute approximate surface area is 207 Å². The normalized spacial score (nSPS) is 10.4. The van der Waals surface area contributed by atoms with Gasteiger partial charge in [0.1, 0.15) is 24.5 Å². The molecule has 0 saturated carbocycles. The Kier molecular flexibility index (Phi) is 8.15. The molecule has 0 bridgehead atoms. The maximum absolute atomic E-state index is 14.4. The van der Waals surface area contributed by atoms with E-state index in [2.05, 4.69) is 43.1 Å². The van der Waals surface area contributed by atoms with Crippen LogP contribution in [0.1, 0.15) is 6.92 Å². The van der Waals surface area contributed by atoms with Crippen molar-refractivity contribution >= 4 is 61.9 Å². The largest absolute Gasteiger partial charge is 0.465 e. The van der Waals surface area contributed by atoms with E-state index in [-0.39, 0.29) is 29.5 Å². The van der Waals surface area contributed by atoms with Gasteiger partial charge in [0.05, 0.1) is 23.4 Å². The Balaban J connectivity index is 2.02. The second-order valence-corrected chi connectivity index (χ2v) is 7.78. The number of fused-ring (bicyclic) bond motifs is 1. The van der Waals surface area contributed by atoms with Crippen LogP contribution in [0.2, 0.25) is 0 Å². The zero-order valence-electron chi connectivity index (χ0n) is 18.3. The van der Waals surface area contributed by atoms with Gasteiger partial charge in [0.15, 0.2) is 5.75 Å². The smallest absolute Gasteiger partial charge is 0.405 e. The summed E-state index contributed by atoms with van der Waals surface area (Å²) in [6.45, 7) is 4.61. The van der Waals surface area contributed by atoms with Crippen LogP contribution in [0.4, 0.5) is 26.4 Å². The van der Waals surface area contributed by atoms with Gasteiger partial charge in [0.25, 0.3) is 5.91 Å². The quantitative estimate of drug-likeness (QED) is 0.234. The number of hydrogen-bond acceptors (Lipinski definition) is 7. The number of aromatic nitrogens is 2. The summed E-state index contributed by atoms with van der Waals surface area (Å²) in [4.78, 5) is 49.2. The number of hydroxylamine groups is 2. The summed E-state index contributed by atoms with van der Waals surface area (Å²) in [7, 11) is 0. The van der Waals surface area contributed by atoms with Gasteiger partial charge < -0.3 is 25.9 Å². The molecule has 0 saturated heterocycles. The number of nitrogens with one attached hydrogen (secondary N) is 3. The number of nitrogens with zero attached hydrogens (tertiary/aromatic N) is 3. The average molecular weight is 547 g/mol. The van der Waals surface area contributed by atoms with Crippen LogP contribution < -0.4 is 20.8 Å². The molecule has 0 aliphatic heterocycles. The van der Waals surface area contributed by atoms with Crippen LogP contribution in [0.5, 0.6) is 5.75 Å². The number of rotatable bonds is 9. The number of halogens is 2. The molecule has 0 aliphatic rings. The lowest BCUT2D eigenvalue weighted by Crippen LogP contribution is -2.41. The van der Waals surface area contributed by atoms with Crippen LogP contribution >= 0.6 is 15.9 Å². The van der Waals surface area contributed by atoms with E-state index in [0.29, 0.717) is 15.4 Å². The van der Waals surface area contributed by atoms with Crippen molar-refractivity contribution in [1.29, 1.82) is 0 Å². The highest BCUT2D eigenvalue weighted by atomic mass is 79.9. The van der Waals surface area contributed by atoms with Crippen molar-refractivity contribution in [2.45, 2.75) is 6.92 Å². The zero-order chi connectivity index (χ0) is 25.5. The first-order valence-corrected chi connectivity index (χ1v) is 10.9. The third-order valence-electron chi connectivity index (χ3n) is 4.53. The summed E-state index contributed by atoms with van der Waals surface area (Å²) in [5.41, 5.74) is 0.673. The second-order valence-electron chi connectivity index (χ2n) is 6.87. The third kappa shape index (κ3) is 6.41. The number of carboxylic acid groups (broad SMARTS) is 1. The fourth-order valence-corrected chi connectivity index (χ4v) is 3.24. The lowest BCUT2D eigenvalue weighted by molar-refractivity contribution is -0.155. The van der Waals surface area contributed by atoms with Gasteiger partial charge in [-0.2, -0.15) is 5.06 Å². The van der Waals surface area contributed by atoms with Crippen molar-refractivity contribution in [2.24, 2.45) is 0 Å². The van der Waals surface area contributed by atoms with Crippen molar-refractivity contribution in [2.75, 3.05) is 23.7 Å². The number of amides is 3. The number of benzene rings is 2. The highest BCUT2D eigenvalue weighted by Crippen LogP contribution is 2.34. The van der Waals surface area contributed by atoms with E-state index < -0.39 is 30.3 Å². The van der Waals surface area contributed by atoms with Crippen LogP contribution in [0.3, 0.4) is 0 Å². The topological polar surface area (TPSA) is 146 Å². The van der Waals surface area contributed by atoms with E-state index in [1.54, 1.807) is 13.0 Å². The second kappa shape index (κ2) is 11.2. The molecule has 0 fully saturated rings. The Morgan fingerprint density at radius 1 is 1.23 bits per heavy atom. The van der Waals surface area contributed by atoms with Crippen molar-refractivity contribution in [3.63, 3.8) is 0 Å². The maximum Gasteiger partial charge on any atom is 0.405 e. The molecule has 1 heterocycles. The fraction of sp³-hybridized carbons (Fsp3) is 0.136. The molecule has 11 nitrogen and oxygen atoms in total. The van der Waals surface area contributed by atoms with E-state index in [4.69, 9.17) is 9.94 Å². The molecule has 0 spiro atoms. The predicted molar refractivity (Wildman–Crippen MR) is 130 cm³/mol. The molecule has 1 aromatic heterocycles. The van der Waals surface area contributed by atoms with Gasteiger partial charge in [-0.1, -0.05) is 22.5 Å². The molecule has 35 heavy (non-hydrogen) atoms. The van der Waals surface area contributed by atoms with E-state index in [0.717, 1.165) is 11.1 Å². The fourth-order valence-electron chi connectivity index (χ4n) is 2.91. The molecule has 2 aromatic carbocycles.